The fourth-order valence-electron chi connectivity index (χ4n) is 1.34. The largest absolute Gasteiger partial charge is 0.256 e. The van der Waals surface area contributed by atoms with Crippen molar-refractivity contribution in [1.29, 1.82) is 0 Å². The molecular weight excluding hydrogens is 190 g/mol. The number of nitrogens with zero attached hydrogens (tertiary/aromatic N) is 1. The maximum atomic E-state index is 4.32. The van der Waals surface area contributed by atoms with Crippen LogP contribution in [0, 0.1) is 0 Å². The highest BCUT2D eigenvalue weighted by molar-refractivity contribution is 7.79. The van der Waals surface area contributed by atoms with Crippen LogP contribution < -0.4 is 0 Å². The van der Waals surface area contributed by atoms with Crippen molar-refractivity contribution >= 4 is 12.6 Å². The minimum absolute atomic E-state index is 0.752. The van der Waals surface area contributed by atoms with Crippen molar-refractivity contribution in [1.82, 2.24) is 4.98 Å². The average Bonchev–Trinajstić information content (AvgIpc) is 2.30. The van der Waals surface area contributed by atoms with Gasteiger partial charge >= 0.3 is 0 Å². The predicted octanol–water partition coefficient (Wildman–Crippen LogP) is 3.18. The number of aromatic nitrogens is 1. The molecule has 0 unspecified atom stereocenters. The van der Waals surface area contributed by atoms with Crippen LogP contribution in [0.1, 0.15) is 5.56 Å². The van der Waals surface area contributed by atoms with Gasteiger partial charge in [-0.2, -0.15) is 12.6 Å². The molecule has 0 spiro atoms. The van der Waals surface area contributed by atoms with Crippen molar-refractivity contribution in [2.24, 2.45) is 0 Å². The second kappa shape index (κ2) is 4.29. The zero-order valence-corrected chi connectivity index (χ0v) is 8.61. The lowest BCUT2D eigenvalue weighted by Gasteiger charge is -2.01. The Morgan fingerprint density at radius 3 is 2.57 bits per heavy atom. The number of benzene rings is 1. The summed E-state index contributed by atoms with van der Waals surface area (Å²) in [7, 11) is 0. The zero-order valence-electron chi connectivity index (χ0n) is 7.72. The molecule has 0 saturated heterocycles. The molecule has 0 aliphatic carbocycles. The van der Waals surface area contributed by atoms with Gasteiger partial charge in [-0.15, -0.1) is 0 Å². The third kappa shape index (κ3) is 1.96. The van der Waals surface area contributed by atoms with Gasteiger partial charge in [0.05, 0.1) is 5.69 Å². The van der Waals surface area contributed by atoms with Crippen LogP contribution in [0.3, 0.4) is 0 Å². The van der Waals surface area contributed by atoms with Crippen molar-refractivity contribution in [2.75, 3.05) is 0 Å². The molecule has 0 aliphatic heterocycles. The van der Waals surface area contributed by atoms with E-state index in [-0.39, 0.29) is 0 Å². The number of rotatable bonds is 2. The summed E-state index contributed by atoms with van der Waals surface area (Å²) in [6.07, 6.45) is 1.83. The Balaban J connectivity index is 2.42. The number of hydrogen-bond acceptors (Lipinski definition) is 2. The third-order valence-electron chi connectivity index (χ3n) is 2.08. The Bertz CT molecular complexity index is 412. The van der Waals surface area contributed by atoms with Crippen LogP contribution in [0.5, 0.6) is 0 Å². The van der Waals surface area contributed by atoms with E-state index in [1.807, 2.05) is 30.5 Å². The number of thiol groups is 1. The fraction of sp³-hybridized carbons (Fsp3) is 0.0833. The molecule has 1 nitrogen and oxygen atoms in total. The van der Waals surface area contributed by atoms with Gasteiger partial charge in [-0.25, -0.2) is 0 Å². The molecule has 1 aromatic carbocycles. The van der Waals surface area contributed by atoms with Gasteiger partial charge in [0.2, 0.25) is 0 Å². The van der Waals surface area contributed by atoms with Gasteiger partial charge in [-0.3, -0.25) is 4.98 Å². The zero-order chi connectivity index (χ0) is 9.80. The van der Waals surface area contributed by atoms with Crippen LogP contribution in [0.25, 0.3) is 11.3 Å². The van der Waals surface area contributed by atoms with Crippen LogP contribution in [-0.4, -0.2) is 4.98 Å². The Morgan fingerprint density at radius 1 is 1.07 bits per heavy atom. The van der Waals surface area contributed by atoms with Gasteiger partial charge in [0.1, 0.15) is 0 Å². The predicted molar refractivity (Wildman–Crippen MR) is 62.4 cm³/mol. The highest BCUT2D eigenvalue weighted by Crippen LogP contribution is 2.17. The van der Waals surface area contributed by atoms with E-state index in [1.165, 1.54) is 5.56 Å². The fourth-order valence-corrected chi connectivity index (χ4v) is 1.54. The molecule has 1 aromatic heterocycles. The molecule has 2 aromatic rings. The van der Waals surface area contributed by atoms with Crippen molar-refractivity contribution in [3.8, 4) is 11.3 Å². The minimum Gasteiger partial charge on any atom is -0.256 e. The molecule has 0 aliphatic rings. The summed E-state index contributed by atoms with van der Waals surface area (Å²) < 4.78 is 0. The van der Waals surface area contributed by atoms with Crippen LogP contribution in [-0.2, 0) is 5.75 Å². The lowest BCUT2D eigenvalue weighted by atomic mass is 10.1. The van der Waals surface area contributed by atoms with E-state index >= 15 is 0 Å². The third-order valence-corrected chi connectivity index (χ3v) is 2.44. The standard InChI is InChI=1S/C12H11NS/c14-9-10-6-7-13-12(8-10)11-4-2-1-3-5-11/h1-8,14H,9H2. The summed E-state index contributed by atoms with van der Waals surface area (Å²) in [5.74, 6) is 0.752. The summed E-state index contributed by atoms with van der Waals surface area (Å²) in [5, 5.41) is 0. The van der Waals surface area contributed by atoms with Crippen molar-refractivity contribution in [3.63, 3.8) is 0 Å². The van der Waals surface area contributed by atoms with E-state index in [1.54, 1.807) is 0 Å². The molecule has 0 saturated carbocycles. The Kier molecular flexibility index (Phi) is 2.84. The summed E-state index contributed by atoms with van der Waals surface area (Å²) in [6.45, 7) is 0. The van der Waals surface area contributed by atoms with E-state index < -0.39 is 0 Å². The van der Waals surface area contributed by atoms with Crippen molar-refractivity contribution < 1.29 is 0 Å². The smallest absolute Gasteiger partial charge is 0.0704 e. The molecule has 2 rings (SSSR count). The van der Waals surface area contributed by atoms with Crippen LogP contribution in [0.15, 0.2) is 48.7 Å². The van der Waals surface area contributed by atoms with Crippen molar-refractivity contribution in [3.05, 3.63) is 54.2 Å². The topological polar surface area (TPSA) is 12.9 Å². The molecule has 0 bridgehead atoms. The Labute approximate surface area is 89.2 Å². The lowest BCUT2D eigenvalue weighted by molar-refractivity contribution is 1.27. The Morgan fingerprint density at radius 2 is 1.86 bits per heavy atom. The van der Waals surface area contributed by atoms with Gasteiger partial charge < -0.3 is 0 Å². The molecular formula is C12H11NS. The molecule has 0 amide bonds. The quantitative estimate of drug-likeness (QED) is 0.736. The number of hydrogen-bond donors (Lipinski definition) is 1. The summed E-state index contributed by atoms with van der Waals surface area (Å²) >= 11 is 4.24. The highest BCUT2D eigenvalue weighted by Gasteiger charge is 1.98. The first-order chi connectivity index (χ1) is 6.90. The van der Waals surface area contributed by atoms with E-state index in [4.69, 9.17) is 0 Å². The second-order valence-electron chi connectivity index (χ2n) is 3.07. The van der Waals surface area contributed by atoms with Gasteiger partial charge in [0, 0.05) is 17.5 Å². The normalized spacial score (nSPS) is 10.1. The molecule has 0 N–H and O–H groups in total. The molecule has 70 valence electrons. The van der Waals surface area contributed by atoms with Crippen LogP contribution in [0.4, 0.5) is 0 Å². The minimum atomic E-state index is 0.752. The average molecular weight is 201 g/mol. The monoisotopic (exact) mass is 201 g/mol. The second-order valence-corrected chi connectivity index (χ2v) is 3.39. The SMILES string of the molecule is SCc1ccnc(-c2ccccc2)c1. The Hall–Kier alpha value is -1.28. The summed E-state index contributed by atoms with van der Waals surface area (Å²) in [4.78, 5) is 4.32. The first-order valence-corrected chi connectivity index (χ1v) is 5.14. The molecule has 0 radical (unpaired) electrons. The van der Waals surface area contributed by atoms with Gasteiger partial charge in [0.15, 0.2) is 0 Å². The summed E-state index contributed by atoms with van der Waals surface area (Å²) in [5.41, 5.74) is 3.36. The molecule has 0 atom stereocenters. The first kappa shape index (κ1) is 9.28. The van der Waals surface area contributed by atoms with Crippen LogP contribution in [0.2, 0.25) is 0 Å². The van der Waals surface area contributed by atoms with E-state index in [0.29, 0.717) is 0 Å². The summed E-state index contributed by atoms with van der Waals surface area (Å²) in [6, 6.07) is 14.2. The van der Waals surface area contributed by atoms with E-state index in [9.17, 15) is 0 Å². The molecule has 1 heterocycles. The molecule has 2 heteroatoms. The van der Waals surface area contributed by atoms with E-state index in [0.717, 1.165) is 17.0 Å². The maximum Gasteiger partial charge on any atom is 0.0704 e. The highest BCUT2D eigenvalue weighted by atomic mass is 32.1. The van der Waals surface area contributed by atoms with Gasteiger partial charge in [-0.05, 0) is 17.7 Å². The number of pyridine rings is 1. The first-order valence-electron chi connectivity index (χ1n) is 4.51. The van der Waals surface area contributed by atoms with Crippen LogP contribution >= 0.6 is 12.6 Å². The van der Waals surface area contributed by atoms with Gasteiger partial charge in [-0.1, -0.05) is 30.3 Å². The maximum absolute atomic E-state index is 4.32. The lowest BCUT2D eigenvalue weighted by Crippen LogP contribution is -1.85. The van der Waals surface area contributed by atoms with Crippen molar-refractivity contribution in [2.45, 2.75) is 5.75 Å². The molecule has 14 heavy (non-hydrogen) atoms. The van der Waals surface area contributed by atoms with E-state index in [2.05, 4.69) is 35.8 Å². The van der Waals surface area contributed by atoms with Gasteiger partial charge in [0.25, 0.3) is 0 Å². The molecule has 0 fully saturated rings.